The number of esters is 2. The first-order chi connectivity index (χ1) is 53.5. The maximum Gasteiger partial charge on any atom is 0.472 e. The quantitative estimate of drug-likeness (QED) is 0.0125. The van der Waals surface area contributed by atoms with Crippen molar-refractivity contribution in [1.82, 2.24) is 0 Å². The smallest absolute Gasteiger partial charge is 0.462 e. The van der Waals surface area contributed by atoms with Crippen LogP contribution in [0.5, 0.6) is 0 Å². The summed E-state index contributed by atoms with van der Waals surface area (Å²) in [6.07, 6.45) is -33.3. The van der Waals surface area contributed by atoms with Gasteiger partial charge in [0.15, 0.2) is 37.6 Å². The first-order valence-corrected chi connectivity index (χ1v) is 40.9. The molecule has 6 rings (SSSR count). The molecule has 6 fully saturated rings. The lowest BCUT2D eigenvalue weighted by atomic mass is 9.84. The van der Waals surface area contributed by atoms with E-state index in [1.165, 1.54) is 32.1 Å². The molecule has 33 atom stereocenters. The monoisotopic (exact) mass is 1640 g/mol. The van der Waals surface area contributed by atoms with Crippen LogP contribution in [0.15, 0.2) is 36.5 Å². The molecule has 1 saturated carbocycles. The van der Waals surface area contributed by atoms with Crippen LogP contribution in [-0.4, -0.2) is 361 Å². The summed E-state index contributed by atoms with van der Waals surface area (Å²) >= 11 is 0. The summed E-state index contributed by atoms with van der Waals surface area (Å²) in [4.78, 5) is 38.3. The van der Waals surface area contributed by atoms with Gasteiger partial charge in [-0.15, -0.1) is 0 Å². The number of carbonyl (C=O) groups excluding carboxylic acids is 2. The SMILES string of the molecule is CCCCC/C=C\C/C=C\CCCCCCCC(=O)OC[C@H](COP(=O)(O)O[C@@H]1C(O[C@@H]2OC(CO[C@@H]3OC(CO[C@@H]4OC(CO[C@@H]5OC(CO)[C@H](O)C(O)[C@@H]5O)[C@H](O)C(O)[C@@H]4O)[C@H](O)C(O)[C@@H]3O)[C@H](O)C(O)[C@@H]2O)C(O)[C@@H](O)C(O)[C@H]1O[C@H]1OC(CO)[C@@H](O)C(O)[C@H]1O)OC(=O)CCCCCCC/C=C\CCCCCC. The molecule has 21 N–H and O–H groups in total. The Morgan fingerprint density at radius 3 is 1.08 bits per heavy atom. The van der Waals surface area contributed by atoms with Gasteiger partial charge in [-0.05, 0) is 70.6 Å². The molecular formula is C73H127O38P. The molecule has 39 heteroatoms. The van der Waals surface area contributed by atoms with Gasteiger partial charge in [0.1, 0.15) is 165 Å². The zero-order valence-corrected chi connectivity index (χ0v) is 64.5. The van der Waals surface area contributed by atoms with Gasteiger partial charge in [0.25, 0.3) is 0 Å². The van der Waals surface area contributed by atoms with Crippen LogP contribution in [-0.2, 0) is 80.0 Å². The molecule has 0 spiro atoms. The Kier molecular flexibility index (Phi) is 44.5. The van der Waals surface area contributed by atoms with E-state index in [2.05, 4.69) is 50.3 Å². The molecule has 0 aromatic rings. The molecule has 1 aliphatic carbocycles. The van der Waals surface area contributed by atoms with Crippen molar-refractivity contribution in [2.75, 3.05) is 46.2 Å². The van der Waals surface area contributed by atoms with E-state index in [-0.39, 0.29) is 12.8 Å². The highest BCUT2D eigenvalue weighted by molar-refractivity contribution is 7.47. The van der Waals surface area contributed by atoms with Gasteiger partial charge in [-0.1, -0.05) is 121 Å². The van der Waals surface area contributed by atoms with E-state index in [9.17, 15) is 121 Å². The first kappa shape index (κ1) is 97.9. The molecule has 0 radical (unpaired) electrons. The van der Waals surface area contributed by atoms with Crippen LogP contribution in [0.1, 0.15) is 168 Å². The largest absolute Gasteiger partial charge is 0.472 e. The minimum absolute atomic E-state index is 0.0404. The summed E-state index contributed by atoms with van der Waals surface area (Å²) in [5.74, 6) is -1.51. The lowest BCUT2D eigenvalue weighted by molar-refractivity contribution is -0.365. The zero-order chi connectivity index (χ0) is 82.2. The Hall–Kier alpha value is -2.93. The molecule has 0 bridgehead atoms. The summed E-state index contributed by atoms with van der Waals surface area (Å²) in [7, 11) is -5.86. The Balaban J connectivity index is 1.14. The van der Waals surface area contributed by atoms with E-state index in [0.29, 0.717) is 25.7 Å². The highest BCUT2D eigenvalue weighted by Gasteiger charge is 2.59. The lowest BCUT2D eigenvalue weighted by Gasteiger charge is -2.49. The van der Waals surface area contributed by atoms with Crippen molar-refractivity contribution >= 4 is 19.8 Å². The number of phosphoric ester groups is 1. The molecule has 0 aromatic heterocycles. The number of hydrogen-bond donors (Lipinski definition) is 21. The number of phosphoric acid groups is 1. The number of allylic oxidation sites excluding steroid dienone is 6. The van der Waals surface area contributed by atoms with Gasteiger partial charge < -0.3 is 164 Å². The molecule has 5 heterocycles. The van der Waals surface area contributed by atoms with Crippen molar-refractivity contribution in [3.05, 3.63) is 36.5 Å². The summed E-state index contributed by atoms with van der Waals surface area (Å²) in [6.45, 7) is -1.99. The lowest BCUT2D eigenvalue weighted by Crippen LogP contribution is -2.69. The van der Waals surface area contributed by atoms with E-state index in [1.54, 1.807) is 0 Å². The van der Waals surface area contributed by atoms with Gasteiger partial charge in [0, 0.05) is 12.8 Å². The highest BCUT2D eigenvalue weighted by atomic mass is 31.2. The average Bonchev–Trinajstić information content (AvgIpc) is 0.759. The number of aliphatic hydroxyl groups is 20. The zero-order valence-electron chi connectivity index (χ0n) is 63.6. The second-order valence-electron chi connectivity index (χ2n) is 29.3. The standard InChI is InChI=1S/C73H127O38P/c1-3-5-7-9-11-13-15-17-18-20-21-23-25-27-29-31-46(76)98-35-40(103-47(77)32-30-28-26-24-22-19-16-14-12-10-8-6-4-2)36-102-112(96,97)111-68-66(109-72-64(94)54(84)49(79)42(34-75)105-72)59(89)58(88)60(90)67(68)110-73-65(95)57(87)52(82)45(108-73)39-101-71-63(93)56(86)51(81)44(107-71)38-100-70-62(92)55(85)50(80)43(106-70)37-99-69-61(91)53(83)48(78)41(33-74)104-69/h11,13-14,16-18,40-45,48-75,78-95H,3-10,12,15,19-39H2,1-2H3,(H,96,97)/b13-11-,16-14-,18-17-/t40-,41?,42?,43?,44?,45?,48+,49-,50+,51+,52+,53?,54?,55?,56?,57?,58+,59?,60?,61+,62+,63+,64-,65+,66-,67?,68+,69-,70-,71-,72-,73+/m1/s1. The van der Waals surface area contributed by atoms with Crippen molar-refractivity contribution in [3.63, 3.8) is 0 Å². The third-order valence-electron chi connectivity index (χ3n) is 20.5. The number of carbonyl (C=O) groups is 2. The Morgan fingerprint density at radius 2 is 0.670 bits per heavy atom. The van der Waals surface area contributed by atoms with E-state index in [0.717, 1.165) is 83.5 Å². The van der Waals surface area contributed by atoms with Gasteiger partial charge in [-0.25, -0.2) is 4.57 Å². The van der Waals surface area contributed by atoms with Crippen LogP contribution in [0.3, 0.4) is 0 Å². The van der Waals surface area contributed by atoms with Crippen LogP contribution in [0, 0.1) is 0 Å². The molecule has 38 nitrogen and oxygen atoms in total. The fourth-order valence-corrected chi connectivity index (χ4v) is 14.4. The van der Waals surface area contributed by atoms with Gasteiger partial charge in [-0.2, -0.15) is 0 Å². The molecule has 5 aliphatic heterocycles. The maximum absolute atomic E-state index is 14.5. The van der Waals surface area contributed by atoms with Crippen molar-refractivity contribution in [2.24, 2.45) is 0 Å². The van der Waals surface area contributed by atoms with Gasteiger partial charge in [0.2, 0.25) is 0 Å². The number of unbranched alkanes of at least 4 members (excludes halogenated alkanes) is 17. The van der Waals surface area contributed by atoms with Gasteiger partial charge in [-0.3, -0.25) is 18.6 Å². The molecular weight excluding hydrogens is 1520 g/mol. The third-order valence-corrected chi connectivity index (χ3v) is 21.4. The Bertz CT molecular complexity index is 2740. The van der Waals surface area contributed by atoms with Gasteiger partial charge in [0.05, 0.1) is 39.6 Å². The fourth-order valence-electron chi connectivity index (χ4n) is 13.5. The first-order valence-electron chi connectivity index (χ1n) is 39.4. The topological polar surface area (TPSA) is 605 Å². The van der Waals surface area contributed by atoms with Crippen molar-refractivity contribution < 1.29 is 187 Å². The van der Waals surface area contributed by atoms with E-state index >= 15 is 0 Å². The number of ether oxygens (including phenoxy) is 12. The summed E-state index contributed by atoms with van der Waals surface area (Å²) < 4.78 is 92.8. The van der Waals surface area contributed by atoms with Crippen LogP contribution < -0.4 is 0 Å². The van der Waals surface area contributed by atoms with Crippen LogP contribution in [0.2, 0.25) is 0 Å². The molecule has 0 amide bonds. The second kappa shape index (κ2) is 50.9. The fraction of sp³-hybridized carbons (Fsp3) is 0.890. The predicted molar refractivity (Wildman–Crippen MR) is 384 cm³/mol. The summed E-state index contributed by atoms with van der Waals surface area (Å²) in [6, 6.07) is 0. The van der Waals surface area contributed by atoms with Crippen molar-refractivity contribution in [1.29, 1.82) is 0 Å². The van der Waals surface area contributed by atoms with Crippen LogP contribution in [0.4, 0.5) is 0 Å². The molecule has 112 heavy (non-hydrogen) atoms. The minimum atomic E-state index is -5.86. The highest BCUT2D eigenvalue weighted by Crippen LogP contribution is 2.49. The summed E-state index contributed by atoms with van der Waals surface area (Å²) in [5.41, 5.74) is 0. The Morgan fingerprint density at radius 1 is 0.357 bits per heavy atom. The molecule has 14 unspecified atom stereocenters. The van der Waals surface area contributed by atoms with Gasteiger partial charge >= 0.3 is 19.8 Å². The van der Waals surface area contributed by atoms with E-state index in [1.807, 2.05) is 0 Å². The number of hydrogen-bond acceptors (Lipinski definition) is 37. The second-order valence-corrected chi connectivity index (χ2v) is 30.8. The molecule has 5 saturated heterocycles. The Labute approximate surface area is 651 Å². The third kappa shape index (κ3) is 30.1. The van der Waals surface area contributed by atoms with Crippen molar-refractivity contribution in [2.45, 2.75) is 364 Å². The molecule has 0 aromatic carbocycles. The number of rotatable bonds is 50. The van der Waals surface area contributed by atoms with E-state index in [4.69, 9.17) is 65.9 Å². The molecule has 6 aliphatic rings. The minimum Gasteiger partial charge on any atom is -0.462 e. The summed E-state index contributed by atoms with van der Waals surface area (Å²) in [5, 5.41) is 217. The van der Waals surface area contributed by atoms with Crippen LogP contribution in [0.25, 0.3) is 0 Å². The van der Waals surface area contributed by atoms with Crippen LogP contribution >= 0.6 is 7.82 Å². The van der Waals surface area contributed by atoms with Crippen molar-refractivity contribution in [3.8, 4) is 0 Å². The average molecular weight is 1640 g/mol. The van der Waals surface area contributed by atoms with E-state index < -0.39 is 262 Å². The maximum atomic E-state index is 14.5. The number of aliphatic hydroxyl groups excluding tert-OH is 20. The molecule has 652 valence electrons. The predicted octanol–water partition coefficient (Wildman–Crippen LogP) is -3.05. The normalized spacial score (nSPS) is 38.4.